The zero-order valence-electron chi connectivity index (χ0n) is 12.3. The summed E-state index contributed by atoms with van der Waals surface area (Å²) in [5.74, 6) is 0. The van der Waals surface area contributed by atoms with Crippen molar-refractivity contribution in [3.63, 3.8) is 0 Å². The fraction of sp³-hybridized carbons (Fsp3) is 0.625. The average Bonchev–Trinajstić information content (AvgIpc) is 2.83. The van der Waals surface area contributed by atoms with Crippen molar-refractivity contribution >= 4 is 0 Å². The lowest BCUT2D eigenvalue weighted by Crippen LogP contribution is -2.31. The zero-order chi connectivity index (χ0) is 15.5. The first-order valence-electron chi connectivity index (χ1n) is 7.36. The van der Waals surface area contributed by atoms with Crippen LogP contribution in [0.3, 0.4) is 0 Å². The molecule has 0 heterocycles. The Morgan fingerprint density at radius 1 is 1.19 bits per heavy atom. The summed E-state index contributed by atoms with van der Waals surface area (Å²) in [6.07, 6.45) is -0.00697. The second-order valence-electron chi connectivity index (χ2n) is 6.07. The molecular weight excluding hydrogens is 279 g/mol. The van der Waals surface area contributed by atoms with Crippen LogP contribution >= 0.6 is 0 Å². The highest BCUT2D eigenvalue weighted by Gasteiger charge is 2.33. The van der Waals surface area contributed by atoms with Gasteiger partial charge in [0.05, 0.1) is 11.2 Å². The molecule has 118 valence electrons. The maximum Gasteiger partial charge on any atom is 0.416 e. The summed E-state index contributed by atoms with van der Waals surface area (Å²) < 4.78 is 38.8. The molecule has 0 bridgehead atoms. The Kier molecular flexibility index (Phi) is 4.94. The van der Waals surface area contributed by atoms with Gasteiger partial charge in [0.25, 0.3) is 0 Å². The third-order valence-corrected chi connectivity index (χ3v) is 4.26. The molecule has 1 aliphatic rings. The molecule has 0 aliphatic heterocycles. The molecule has 2 rings (SSSR count). The molecule has 0 radical (unpaired) electrons. The molecule has 0 atom stereocenters. The Bertz CT molecular complexity index is 467. The number of aliphatic hydroxyl groups is 1. The van der Waals surface area contributed by atoms with E-state index in [1.54, 1.807) is 13.1 Å². The average molecular weight is 301 g/mol. The van der Waals surface area contributed by atoms with Gasteiger partial charge in [0, 0.05) is 13.1 Å². The van der Waals surface area contributed by atoms with Crippen molar-refractivity contribution in [3.05, 3.63) is 35.4 Å². The van der Waals surface area contributed by atoms with Crippen LogP contribution in [-0.4, -0.2) is 29.2 Å². The van der Waals surface area contributed by atoms with Gasteiger partial charge in [-0.15, -0.1) is 0 Å². The summed E-state index contributed by atoms with van der Waals surface area (Å²) >= 11 is 0. The number of benzene rings is 1. The quantitative estimate of drug-likeness (QED) is 0.893. The standard InChI is InChI=1S/C16H22F3NO/c1-20(11-10-15(21)8-4-5-9-15)12-13-6-2-3-7-14(13)16(17,18)19/h2-3,6-7,21H,4-5,8-12H2,1H3. The molecule has 1 aromatic carbocycles. The third kappa shape index (κ3) is 4.45. The summed E-state index contributed by atoms with van der Waals surface area (Å²) in [6.45, 7) is 0.842. The molecule has 0 amide bonds. The summed E-state index contributed by atoms with van der Waals surface area (Å²) in [7, 11) is 1.80. The first kappa shape index (κ1) is 16.3. The van der Waals surface area contributed by atoms with E-state index in [1.807, 2.05) is 4.90 Å². The normalized spacial score (nSPS) is 18.4. The van der Waals surface area contributed by atoms with Gasteiger partial charge in [0.1, 0.15) is 0 Å². The second-order valence-corrected chi connectivity index (χ2v) is 6.07. The zero-order valence-corrected chi connectivity index (χ0v) is 12.3. The van der Waals surface area contributed by atoms with Gasteiger partial charge in [-0.2, -0.15) is 13.2 Å². The van der Waals surface area contributed by atoms with E-state index in [4.69, 9.17) is 0 Å². The van der Waals surface area contributed by atoms with Crippen molar-refractivity contribution in [3.8, 4) is 0 Å². The maximum atomic E-state index is 12.9. The van der Waals surface area contributed by atoms with Crippen LogP contribution in [0.5, 0.6) is 0 Å². The van der Waals surface area contributed by atoms with Crippen molar-refractivity contribution in [2.45, 2.75) is 50.4 Å². The first-order valence-corrected chi connectivity index (χ1v) is 7.36. The van der Waals surface area contributed by atoms with Gasteiger partial charge in [-0.3, -0.25) is 0 Å². The van der Waals surface area contributed by atoms with Crippen molar-refractivity contribution in [1.29, 1.82) is 0 Å². The highest BCUT2D eigenvalue weighted by atomic mass is 19.4. The molecule has 1 aliphatic carbocycles. The Morgan fingerprint density at radius 2 is 1.81 bits per heavy atom. The van der Waals surface area contributed by atoms with Gasteiger partial charge in [0.15, 0.2) is 0 Å². The lowest BCUT2D eigenvalue weighted by atomic mass is 9.97. The number of rotatable bonds is 5. The maximum absolute atomic E-state index is 12.9. The SMILES string of the molecule is CN(CCC1(O)CCCC1)Cc1ccccc1C(F)(F)F. The van der Waals surface area contributed by atoms with Crippen LogP contribution in [0.4, 0.5) is 13.2 Å². The van der Waals surface area contributed by atoms with Gasteiger partial charge < -0.3 is 10.0 Å². The highest BCUT2D eigenvalue weighted by molar-refractivity contribution is 5.29. The van der Waals surface area contributed by atoms with Crippen LogP contribution in [-0.2, 0) is 12.7 Å². The number of hydrogen-bond acceptors (Lipinski definition) is 2. The molecule has 0 unspecified atom stereocenters. The van der Waals surface area contributed by atoms with Gasteiger partial charge >= 0.3 is 6.18 Å². The first-order chi connectivity index (χ1) is 9.80. The van der Waals surface area contributed by atoms with Crippen molar-refractivity contribution in [2.24, 2.45) is 0 Å². The van der Waals surface area contributed by atoms with Crippen molar-refractivity contribution in [1.82, 2.24) is 4.90 Å². The third-order valence-electron chi connectivity index (χ3n) is 4.26. The fourth-order valence-corrected chi connectivity index (χ4v) is 2.99. The van der Waals surface area contributed by atoms with E-state index < -0.39 is 17.3 Å². The topological polar surface area (TPSA) is 23.5 Å². The Hall–Kier alpha value is -1.07. The Balaban J connectivity index is 1.95. The summed E-state index contributed by atoms with van der Waals surface area (Å²) in [5, 5.41) is 10.3. The number of nitrogens with zero attached hydrogens (tertiary/aromatic N) is 1. The summed E-state index contributed by atoms with van der Waals surface area (Å²) in [5.41, 5.74) is -0.903. The smallest absolute Gasteiger partial charge is 0.390 e. The molecule has 0 spiro atoms. The van der Waals surface area contributed by atoms with Gasteiger partial charge in [-0.1, -0.05) is 31.0 Å². The molecule has 0 saturated heterocycles. The molecule has 1 saturated carbocycles. The monoisotopic (exact) mass is 301 g/mol. The van der Waals surface area contributed by atoms with Crippen LogP contribution in [0, 0.1) is 0 Å². The Labute approximate surface area is 123 Å². The minimum absolute atomic E-state index is 0.242. The largest absolute Gasteiger partial charge is 0.416 e. The summed E-state index contributed by atoms with van der Waals surface area (Å²) in [6, 6.07) is 5.67. The van der Waals surface area contributed by atoms with Gasteiger partial charge in [-0.25, -0.2) is 0 Å². The number of alkyl halides is 3. The highest BCUT2D eigenvalue weighted by Crippen LogP contribution is 2.34. The van der Waals surface area contributed by atoms with Crippen LogP contribution in [0.2, 0.25) is 0 Å². The van der Waals surface area contributed by atoms with Crippen molar-refractivity contribution in [2.75, 3.05) is 13.6 Å². The minimum Gasteiger partial charge on any atom is -0.390 e. The molecule has 1 aromatic rings. The summed E-state index contributed by atoms with van der Waals surface area (Å²) in [4.78, 5) is 1.85. The van der Waals surface area contributed by atoms with Crippen LogP contribution in [0.1, 0.15) is 43.2 Å². The molecule has 1 fully saturated rings. The number of halogens is 3. The lowest BCUT2D eigenvalue weighted by Gasteiger charge is -2.26. The van der Waals surface area contributed by atoms with E-state index in [1.165, 1.54) is 12.1 Å². The Morgan fingerprint density at radius 3 is 2.43 bits per heavy atom. The predicted molar refractivity (Wildman–Crippen MR) is 75.8 cm³/mol. The molecule has 5 heteroatoms. The fourth-order valence-electron chi connectivity index (χ4n) is 2.99. The minimum atomic E-state index is -4.32. The molecule has 21 heavy (non-hydrogen) atoms. The van der Waals surface area contributed by atoms with Crippen LogP contribution < -0.4 is 0 Å². The molecule has 2 nitrogen and oxygen atoms in total. The van der Waals surface area contributed by atoms with Crippen LogP contribution in [0.25, 0.3) is 0 Å². The van der Waals surface area contributed by atoms with Gasteiger partial charge in [-0.05, 0) is 37.9 Å². The van der Waals surface area contributed by atoms with E-state index in [-0.39, 0.29) is 12.1 Å². The molecule has 0 aromatic heterocycles. The lowest BCUT2D eigenvalue weighted by molar-refractivity contribution is -0.138. The van der Waals surface area contributed by atoms with Gasteiger partial charge in [0.2, 0.25) is 0 Å². The van der Waals surface area contributed by atoms with E-state index in [0.717, 1.165) is 31.7 Å². The van der Waals surface area contributed by atoms with Crippen LogP contribution in [0.15, 0.2) is 24.3 Å². The van der Waals surface area contributed by atoms with E-state index in [2.05, 4.69) is 0 Å². The predicted octanol–water partition coefficient (Wildman–Crippen LogP) is 3.83. The molecular formula is C16H22F3NO. The number of hydrogen-bond donors (Lipinski definition) is 1. The van der Waals surface area contributed by atoms with E-state index >= 15 is 0 Å². The van der Waals surface area contributed by atoms with Crippen molar-refractivity contribution < 1.29 is 18.3 Å². The van der Waals surface area contributed by atoms with E-state index in [9.17, 15) is 18.3 Å². The van der Waals surface area contributed by atoms with E-state index in [0.29, 0.717) is 13.0 Å². The molecule has 1 N–H and O–H groups in total. The second kappa shape index (κ2) is 6.36.